The zero-order valence-electron chi connectivity index (χ0n) is 11.1. The molecular weight excluding hydrogens is 259 g/mol. The molecule has 1 fully saturated rings. The quantitative estimate of drug-likeness (QED) is 0.805. The molecule has 5 heteroatoms. The summed E-state index contributed by atoms with van der Waals surface area (Å²) < 4.78 is 13.1. The molecule has 0 aliphatic heterocycles. The minimum Gasteiger partial charge on any atom is -0.394 e. The largest absolute Gasteiger partial charge is 0.394 e. The molecule has 3 rings (SSSR count). The van der Waals surface area contributed by atoms with Crippen LogP contribution >= 0.6 is 0 Å². The van der Waals surface area contributed by atoms with Crippen LogP contribution in [0.4, 0.5) is 4.39 Å². The normalized spacial score (nSPS) is 17.5. The molecule has 3 N–H and O–H groups in total. The van der Waals surface area contributed by atoms with Crippen molar-refractivity contribution in [3.63, 3.8) is 0 Å². The minimum absolute atomic E-state index is 0.0459. The number of halogens is 1. The molecule has 1 saturated carbocycles. The Hall–Kier alpha value is -1.88. The molecule has 1 aromatic heterocycles. The lowest BCUT2D eigenvalue weighted by Gasteiger charge is -2.27. The number of aromatic amines is 1. The van der Waals surface area contributed by atoms with Crippen molar-refractivity contribution in [2.45, 2.75) is 31.2 Å². The number of nitrogens with one attached hydrogen (secondary N) is 2. The molecule has 1 amide bonds. The maximum absolute atomic E-state index is 13.1. The lowest BCUT2D eigenvalue weighted by Crippen LogP contribution is -2.49. The molecule has 4 nitrogen and oxygen atoms in total. The van der Waals surface area contributed by atoms with Gasteiger partial charge in [0.1, 0.15) is 5.82 Å². The third kappa shape index (κ3) is 2.18. The summed E-state index contributed by atoms with van der Waals surface area (Å²) in [4.78, 5) is 15.3. The number of H-pyrrole nitrogens is 1. The van der Waals surface area contributed by atoms with Gasteiger partial charge >= 0.3 is 0 Å². The van der Waals surface area contributed by atoms with Crippen molar-refractivity contribution in [3.05, 3.63) is 35.8 Å². The molecule has 1 aliphatic rings. The Morgan fingerprint density at radius 3 is 2.85 bits per heavy atom. The molecular formula is C15H17FN2O2. The second-order valence-electron chi connectivity index (χ2n) is 5.49. The molecule has 1 aromatic carbocycles. The predicted molar refractivity (Wildman–Crippen MR) is 74.0 cm³/mol. The number of hydrogen-bond acceptors (Lipinski definition) is 2. The van der Waals surface area contributed by atoms with Gasteiger partial charge in [-0.3, -0.25) is 4.79 Å². The van der Waals surface area contributed by atoms with E-state index in [1.807, 2.05) is 0 Å². The van der Waals surface area contributed by atoms with Crippen molar-refractivity contribution in [1.29, 1.82) is 0 Å². The van der Waals surface area contributed by atoms with Crippen LogP contribution in [-0.2, 0) is 0 Å². The Kier molecular flexibility index (Phi) is 3.22. The average Bonchev–Trinajstić information content (AvgIpc) is 3.05. The number of fused-ring (bicyclic) bond motifs is 1. The van der Waals surface area contributed by atoms with Gasteiger partial charge in [0, 0.05) is 17.1 Å². The highest BCUT2D eigenvalue weighted by Crippen LogP contribution is 2.30. The molecule has 2 aromatic rings. The van der Waals surface area contributed by atoms with Gasteiger partial charge in [-0.15, -0.1) is 0 Å². The topological polar surface area (TPSA) is 65.1 Å². The summed E-state index contributed by atoms with van der Waals surface area (Å²) in [6, 6.07) is 4.30. The highest BCUT2D eigenvalue weighted by Gasteiger charge is 2.35. The number of amides is 1. The molecule has 0 unspecified atom stereocenters. The fourth-order valence-corrected chi connectivity index (χ4v) is 2.97. The van der Waals surface area contributed by atoms with Gasteiger partial charge in [-0.2, -0.15) is 0 Å². The van der Waals surface area contributed by atoms with Crippen molar-refractivity contribution >= 4 is 16.8 Å². The van der Waals surface area contributed by atoms with E-state index in [9.17, 15) is 14.3 Å². The fraction of sp³-hybridized carbons (Fsp3) is 0.400. The highest BCUT2D eigenvalue weighted by molar-refractivity contribution is 6.07. The van der Waals surface area contributed by atoms with Gasteiger partial charge in [0.15, 0.2) is 0 Å². The first-order valence-electron chi connectivity index (χ1n) is 6.84. The predicted octanol–water partition coefficient (Wildman–Crippen LogP) is 2.34. The third-order valence-electron chi connectivity index (χ3n) is 4.13. The molecule has 0 spiro atoms. The summed E-state index contributed by atoms with van der Waals surface area (Å²) in [6.07, 6.45) is 5.21. The summed E-state index contributed by atoms with van der Waals surface area (Å²) in [5, 5.41) is 13.2. The van der Waals surface area contributed by atoms with Crippen molar-refractivity contribution in [1.82, 2.24) is 10.3 Å². The van der Waals surface area contributed by atoms with E-state index < -0.39 is 5.54 Å². The molecule has 20 heavy (non-hydrogen) atoms. The molecule has 0 radical (unpaired) electrons. The highest BCUT2D eigenvalue weighted by atomic mass is 19.1. The number of carbonyl (C=O) groups excluding carboxylic acids is 1. The van der Waals surface area contributed by atoms with Gasteiger partial charge in [0.2, 0.25) is 0 Å². The van der Waals surface area contributed by atoms with E-state index in [1.54, 1.807) is 12.3 Å². The summed E-state index contributed by atoms with van der Waals surface area (Å²) in [5.41, 5.74) is 0.583. The molecule has 0 saturated heterocycles. The zero-order chi connectivity index (χ0) is 14.2. The zero-order valence-corrected chi connectivity index (χ0v) is 11.1. The van der Waals surface area contributed by atoms with Crippen molar-refractivity contribution in [3.8, 4) is 0 Å². The van der Waals surface area contributed by atoms with E-state index in [0.29, 0.717) is 16.5 Å². The van der Waals surface area contributed by atoms with Crippen molar-refractivity contribution in [2.24, 2.45) is 0 Å². The number of carbonyl (C=O) groups is 1. The number of rotatable bonds is 3. The molecule has 106 valence electrons. The van der Waals surface area contributed by atoms with Crippen molar-refractivity contribution in [2.75, 3.05) is 6.61 Å². The van der Waals surface area contributed by atoms with Gasteiger partial charge in [0.25, 0.3) is 5.91 Å². The van der Waals surface area contributed by atoms with Crippen LogP contribution in [0.1, 0.15) is 36.0 Å². The summed E-state index contributed by atoms with van der Waals surface area (Å²) in [7, 11) is 0. The third-order valence-corrected chi connectivity index (χ3v) is 4.13. The lowest BCUT2D eigenvalue weighted by atomic mass is 9.98. The lowest BCUT2D eigenvalue weighted by molar-refractivity contribution is 0.0840. The smallest absolute Gasteiger partial charge is 0.253 e. The summed E-state index contributed by atoms with van der Waals surface area (Å²) in [5.74, 6) is -0.562. The molecule has 0 atom stereocenters. The minimum atomic E-state index is -0.499. The SMILES string of the molecule is O=C(NC1(CO)CCCC1)c1c[nH]c2cc(F)ccc12. The summed E-state index contributed by atoms with van der Waals surface area (Å²) in [6.45, 7) is -0.0459. The van der Waals surface area contributed by atoms with Crippen LogP contribution in [0, 0.1) is 5.82 Å². The number of aliphatic hydroxyl groups excluding tert-OH is 1. The maximum atomic E-state index is 13.1. The molecule has 1 heterocycles. The second kappa shape index (κ2) is 4.90. The van der Waals surface area contributed by atoms with Gasteiger partial charge in [-0.25, -0.2) is 4.39 Å². The number of hydrogen-bond donors (Lipinski definition) is 3. The first-order chi connectivity index (χ1) is 9.63. The van der Waals surface area contributed by atoms with Crippen LogP contribution in [0.3, 0.4) is 0 Å². The second-order valence-corrected chi connectivity index (χ2v) is 5.49. The Labute approximate surface area is 116 Å². The average molecular weight is 276 g/mol. The van der Waals surface area contributed by atoms with E-state index in [2.05, 4.69) is 10.3 Å². The van der Waals surface area contributed by atoms with E-state index in [1.165, 1.54) is 12.1 Å². The fourth-order valence-electron chi connectivity index (χ4n) is 2.97. The van der Waals surface area contributed by atoms with Crippen LogP contribution < -0.4 is 5.32 Å². The monoisotopic (exact) mass is 276 g/mol. The Morgan fingerprint density at radius 1 is 1.40 bits per heavy atom. The van der Waals surface area contributed by atoms with E-state index in [4.69, 9.17) is 0 Å². The Morgan fingerprint density at radius 2 is 2.15 bits per heavy atom. The van der Waals surface area contributed by atoms with Crippen LogP contribution in [0.25, 0.3) is 10.9 Å². The van der Waals surface area contributed by atoms with Gasteiger partial charge in [-0.1, -0.05) is 12.8 Å². The van der Waals surface area contributed by atoms with Crippen LogP contribution in [0.15, 0.2) is 24.4 Å². The van der Waals surface area contributed by atoms with E-state index >= 15 is 0 Å². The van der Waals surface area contributed by atoms with E-state index in [0.717, 1.165) is 25.7 Å². The van der Waals surface area contributed by atoms with Crippen LogP contribution in [0.5, 0.6) is 0 Å². The number of aliphatic hydroxyl groups is 1. The van der Waals surface area contributed by atoms with Crippen molar-refractivity contribution < 1.29 is 14.3 Å². The van der Waals surface area contributed by atoms with E-state index in [-0.39, 0.29) is 18.3 Å². The maximum Gasteiger partial charge on any atom is 0.253 e. The number of aromatic nitrogens is 1. The standard InChI is InChI=1S/C15H17FN2O2/c16-10-3-4-11-12(8-17-13(11)7-10)14(20)18-15(9-19)5-1-2-6-15/h3-4,7-8,17,19H,1-2,5-6,9H2,(H,18,20). The molecule has 1 aliphatic carbocycles. The van der Waals surface area contributed by atoms with Gasteiger partial charge < -0.3 is 15.4 Å². The van der Waals surface area contributed by atoms with Crippen LogP contribution in [-0.4, -0.2) is 28.1 Å². The molecule has 0 bridgehead atoms. The van der Waals surface area contributed by atoms with Gasteiger partial charge in [0.05, 0.1) is 17.7 Å². The Bertz CT molecular complexity index is 644. The Balaban J connectivity index is 1.89. The first kappa shape index (κ1) is 13.1. The first-order valence-corrected chi connectivity index (χ1v) is 6.84. The number of benzene rings is 1. The summed E-state index contributed by atoms with van der Waals surface area (Å²) >= 11 is 0. The van der Waals surface area contributed by atoms with Crippen LogP contribution in [0.2, 0.25) is 0 Å². The van der Waals surface area contributed by atoms with Gasteiger partial charge in [-0.05, 0) is 31.0 Å².